The topological polar surface area (TPSA) is 55.8 Å². The van der Waals surface area contributed by atoms with Crippen molar-refractivity contribution < 1.29 is 9.90 Å². The van der Waals surface area contributed by atoms with E-state index in [9.17, 15) is 9.90 Å². The van der Waals surface area contributed by atoms with E-state index >= 15 is 0 Å². The van der Waals surface area contributed by atoms with Gasteiger partial charge in [0.25, 0.3) is 0 Å². The van der Waals surface area contributed by atoms with Gasteiger partial charge in [-0.25, -0.2) is 4.79 Å². The molecule has 2 aliphatic rings. The molecule has 5 nitrogen and oxygen atoms in total. The summed E-state index contributed by atoms with van der Waals surface area (Å²) in [4.78, 5) is 17.5. The molecule has 1 aliphatic heterocycles. The van der Waals surface area contributed by atoms with E-state index < -0.39 is 0 Å². The minimum Gasteiger partial charge on any atom is -0.391 e. The van der Waals surface area contributed by atoms with Crippen molar-refractivity contribution in [2.24, 2.45) is 5.92 Å². The first-order valence-electron chi connectivity index (χ1n) is 8.08. The number of thiophene rings is 1. The van der Waals surface area contributed by atoms with Crippen molar-refractivity contribution in [3.8, 4) is 0 Å². The predicted molar refractivity (Wildman–Crippen MR) is 88.1 cm³/mol. The van der Waals surface area contributed by atoms with Gasteiger partial charge < -0.3 is 15.3 Å². The van der Waals surface area contributed by atoms with Crippen molar-refractivity contribution in [3.63, 3.8) is 0 Å². The number of amides is 2. The van der Waals surface area contributed by atoms with Crippen LogP contribution in [0.15, 0.2) is 11.4 Å². The molecule has 6 heteroatoms. The average Bonchev–Trinajstić information content (AvgIpc) is 3.25. The summed E-state index contributed by atoms with van der Waals surface area (Å²) in [5, 5.41) is 15.0. The molecule has 0 spiro atoms. The summed E-state index contributed by atoms with van der Waals surface area (Å²) in [6, 6.07) is 2.12. The van der Waals surface area contributed by atoms with Gasteiger partial charge in [-0.2, -0.15) is 0 Å². The van der Waals surface area contributed by atoms with Crippen LogP contribution in [0.4, 0.5) is 4.79 Å². The number of urea groups is 1. The highest BCUT2D eigenvalue weighted by atomic mass is 32.1. The smallest absolute Gasteiger partial charge is 0.317 e. The molecule has 2 N–H and O–H groups in total. The molecule has 1 saturated carbocycles. The first kappa shape index (κ1) is 15.8. The lowest BCUT2D eigenvalue weighted by molar-refractivity contribution is 0.113. The number of hydrogen-bond donors (Lipinski definition) is 2. The van der Waals surface area contributed by atoms with Gasteiger partial charge in [0.15, 0.2) is 0 Å². The standard InChI is InChI=1S/C16H25N3O2S/c1-18(11-14(20)12-2-3-12)16(21)17-6-8-19-7-4-15-13(10-19)5-9-22-15/h5,9,12,14,20H,2-4,6-8,10-11H2,1H3,(H,17,21). The highest BCUT2D eigenvalue weighted by Gasteiger charge is 2.31. The van der Waals surface area contributed by atoms with Gasteiger partial charge in [-0.3, -0.25) is 4.90 Å². The molecular formula is C16H25N3O2S. The maximum Gasteiger partial charge on any atom is 0.317 e. The first-order chi connectivity index (χ1) is 10.6. The molecule has 22 heavy (non-hydrogen) atoms. The zero-order valence-corrected chi connectivity index (χ0v) is 13.9. The minimum atomic E-state index is -0.366. The highest BCUT2D eigenvalue weighted by molar-refractivity contribution is 7.10. The van der Waals surface area contributed by atoms with Crippen molar-refractivity contribution in [2.45, 2.75) is 31.9 Å². The van der Waals surface area contributed by atoms with Gasteiger partial charge in [0.2, 0.25) is 0 Å². The van der Waals surface area contributed by atoms with Crippen LogP contribution in [0.1, 0.15) is 23.3 Å². The normalized spacial score (nSPS) is 19.5. The fraction of sp³-hybridized carbons (Fsp3) is 0.688. The molecule has 1 aromatic rings. The van der Waals surface area contributed by atoms with Crippen LogP contribution in [0.3, 0.4) is 0 Å². The van der Waals surface area contributed by atoms with Crippen LogP contribution in [-0.2, 0) is 13.0 Å². The Kier molecular flexibility index (Phi) is 5.00. The van der Waals surface area contributed by atoms with Gasteiger partial charge in [0.1, 0.15) is 0 Å². The maximum atomic E-state index is 12.0. The summed E-state index contributed by atoms with van der Waals surface area (Å²) in [6.45, 7) is 4.02. The summed E-state index contributed by atoms with van der Waals surface area (Å²) >= 11 is 1.85. The molecule has 1 fully saturated rings. The Hall–Kier alpha value is -1.11. The lowest BCUT2D eigenvalue weighted by Gasteiger charge is -2.27. The summed E-state index contributed by atoms with van der Waals surface area (Å²) in [5.74, 6) is 0.406. The molecule has 0 saturated heterocycles. The van der Waals surface area contributed by atoms with E-state index in [1.165, 1.54) is 10.4 Å². The molecular weight excluding hydrogens is 298 g/mol. The Bertz CT molecular complexity index is 515. The maximum absolute atomic E-state index is 12.0. The van der Waals surface area contributed by atoms with Crippen molar-refractivity contribution >= 4 is 17.4 Å². The third kappa shape index (κ3) is 4.00. The van der Waals surface area contributed by atoms with Crippen molar-refractivity contribution in [3.05, 3.63) is 21.9 Å². The number of rotatable bonds is 6. The molecule has 1 atom stereocenters. The fourth-order valence-corrected chi connectivity index (χ4v) is 3.84. The van der Waals surface area contributed by atoms with Crippen LogP contribution in [0.25, 0.3) is 0 Å². The van der Waals surface area contributed by atoms with Gasteiger partial charge in [-0.05, 0) is 42.2 Å². The second kappa shape index (κ2) is 6.98. The number of nitrogens with zero attached hydrogens (tertiary/aromatic N) is 2. The number of nitrogens with one attached hydrogen (secondary N) is 1. The third-order valence-corrected chi connectivity index (χ3v) is 5.59. The third-order valence-electron chi connectivity index (χ3n) is 4.56. The van der Waals surface area contributed by atoms with Gasteiger partial charge in [0.05, 0.1) is 6.10 Å². The summed E-state index contributed by atoms with van der Waals surface area (Å²) < 4.78 is 0. The predicted octanol–water partition coefficient (Wildman–Crippen LogP) is 1.52. The van der Waals surface area contributed by atoms with Crippen molar-refractivity contribution in [1.29, 1.82) is 0 Å². The fourth-order valence-electron chi connectivity index (χ4n) is 2.95. The van der Waals surface area contributed by atoms with Crippen LogP contribution in [-0.4, -0.2) is 60.3 Å². The van der Waals surface area contributed by atoms with E-state index in [0.29, 0.717) is 19.0 Å². The summed E-state index contributed by atoms with van der Waals surface area (Å²) in [5.41, 5.74) is 1.44. The van der Waals surface area contributed by atoms with Crippen molar-refractivity contribution in [1.82, 2.24) is 15.1 Å². The average molecular weight is 323 g/mol. The Morgan fingerprint density at radius 1 is 1.59 bits per heavy atom. The zero-order chi connectivity index (χ0) is 15.5. The van der Waals surface area contributed by atoms with E-state index in [4.69, 9.17) is 0 Å². The SMILES string of the molecule is CN(CC(O)C1CC1)C(=O)NCCN1CCc2sccc2C1. The Morgan fingerprint density at radius 2 is 2.41 bits per heavy atom. The number of carbonyl (C=O) groups excluding carboxylic acids is 1. The second-order valence-corrected chi connectivity index (χ2v) is 7.41. The van der Waals surface area contributed by atoms with E-state index in [1.807, 2.05) is 11.3 Å². The van der Waals surface area contributed by atoms with Gasteiger partial charge in [-0.15, -0.1) is 11.3 Å². The second-order valence-electron chi connectivity index (χ2n) is 6.41. The molecule has 1 unspecified atom stereocenters. The molecule has 0 bridgehead atoms. The van der Waals surface area contributed by atoms with E-state index in [-0.39, 0.29) is 12.1 Å². The van der Waals surface area contributed by atoms with E-state index in [1.54, 1.807) is 11.9 Å². The number of hydrogen-bond acceptors (Lipinski definition) is 4. The Morgan fingerprint density at radius 3 is 3.18 bits per heavy atom. The number of likely N-dealkylation sites (N-methyl/N-ethyl adjacent to an activating group) is 1. The number of carbonyl (C=O) groups is 1. The van der Waals surface area contributed by atoms with Gasteiger partial charge in [0, 0.05) is 44.6 Å². The number of aliphatic hydroxyl groups excluding tert-OH is 1. The molecule has 1 aromatic heterocycles. The van der Waals surface area contributed by atoms with Crippen LogP contribution in [0.5, 0.6) is 0 Å². The molecule has 0 radical (unpaired) electrons. The lowest BCUT2D eigenvalue weighted by atomic mass is 10.1. The molecule has 122 valence electrons. The largest absolute Gasteiger partial charge is 0.391 e. The van der Waals surface area contributed by atoms with Crippen LogP contribution < -0.4 is 5.32 Å². The minimum absolute atomic E-state index is 0.0899. The summed E-state index contributed by atoms with van der Waals surface area (Å²) in [6.07, 6.45) is 2.94. The first-order valence-corrected chi connectivity index (χ1v) is 8.96. The van der Waals surface area contributed by atoms with Crippen LogP contribution in [0.2, 0.25) is 0 Å². The monoisotopic (exact) mass is 323 g/mol. The molecule has 1 aliphatic carbocycles. The van der Waals surface area contributed by atoms with Crippen LogP contribution in [0, 0.1) is 5.92 Å². The number of fused-ring (bicyclic) bond motifs is 1. The molecule has 3 rings (SSSR count). The summed E-state index contributed by atoms with van der Waals surface area (Å²) in [7, 11) is 1.75. The van der Waals surface area contributed by atoms with Gasteiger partial charge >= 0.3 is 6.03 Å². The molecule has 2 heterocycles. The zero-order valence-electron chi connectivity index (χ0n) is 13.1. The Balaban J connectivity index is 1.35. The molecule has 0 aromatic carbocycles. The highest BCUT2D eigenvalue weighted by Crippen LogP contribution is 2.32. The quantitative estimate of drug-likeness (QED) is 0.834. The molecule has 2 amide bonds. The van der Waals surface area contributed by atoms with E-state index in [0.717, 1.165) is 38.9 Å². The van der Waals surface area contributed by atoms with Gasteiger partial charge in [-0.1, -0.05) is 0 Å². The lowest BCUT2D eigenvalue weighted by Crippen LogP contribution is -2.44. The van der Waals surface area contributed by atoms with E-state index in [2.05, 4.69) is 21.7 Å². The Labute approximate surface area is 135 Å². The van der Waals surface area contributed by atoms with Crippen molar-refractivity contribution in [2.75, 3.05) is 33.2 Å². The van der Waals surface area contributed by atoms with Crippen LogP contribution >= 0.6 is 11.3 Å². The number of aliphatic hydroxyl groups is 1.